The first-order valence-electron chi connectivity index (χ1n) is 5.88. The minimum atomic E-state index is 0.738. The van der Waals surface area contributed by atoms with Gasteiger partial charge >= 0.3 is 0 Å². The van der Waals surface area contributed by atoms with Crippen molar-refractivity contribution in [2.75, 3.05) is 38.8 Å². The van der Waals surface area contributed by atoms with E-state index in [0.717, 1.165) is 30.7 Å². The molecule has 0 saturated heterocycles. The summed E-state index contributed by atoms with van der Waals surface area (Å²) in [6, 6.07) is 6.47. The van der Waals surface area contributed by atoms with Crippen molar-refractivity contribution in [2.24, 2.45) is 0 Å². The van der Waals surface area contributed by atoms with E-state index in [1.807, 2.05) is 0 Å². The molecule has 3 nitrogen and oxygen atoms in total. The molecule has 0 aliphatic carbocycles. The Labute approximate surface area is 112 Å². The van der Waals surface area contributed by atoms with E-state index in [4.69, 9.17) is 4.74 Å². The van der Waals surface area contributed by atoms with Crippen molar-refractivity contribution < 1.29 is 4.74 Å². The molecule has 0 saturated carbocycles. The first kappa shape index (κ1) is 14.5. The van der Waals surface area contributed by atoms with Gasteiger partial charge in [-0.25, -0.2) is 0 Å². The quantitative estimate of drug-likeness (QED) is 0.838. The summed E-state index contributed by atoms with van der Waals surface area (Å²) in [7, 11) is 3.80. The molecule has 4 heteroatoms. The average molecular weight is 301 g/mol. The Morgan fingerprint density at radius 1 is 1.41 bits per heavy atom. The predicted molar refractivity (Wildman–Crippen MR) is 76.7 cm³/mol. The molecule has 1 rings (SSSR count). The topological polar surface area (TPSA) is 24.5 Å². The van der Waals surface area contributed by atoms with E-state index in [-0.39, 0.29) is 0 Å². The van der Waals surface area contributed by atoms with Crippen LogP contribution < -0.4 is 10.2 Å². The molecule has 1 aromatic rings. The molecule has 0 aliphatic rings. The van der Waals surface area contributed by atoms with Crippen LogP contribution in [0.3, 0.4) is 0 Å². The minimum Gasteiger partial charge on any atom is -0.383 e. The van der Waals surface area contributed by atoms with E-state index < -0.39 is 0 Å². The second kappa shape index (κ2) is 7.69. The van der Waals surface area contributed by atoms with Crippen molar-refractivity contribution in [3.63, 3.8) is 0 Å². The highest BCUT2D eigenvalue weighted by Crippen LogP contribution is 2.26. The van der Waals surface area contributed by atoms with Gasteiger partial charge in [-0.05, 0) is 40.2 Å². The maximum atomic E-state index is 5.08. The summed E-state index contributed by atoms with van der Waals surface area (Å²) in [6.45, 7) is 5.65. The molecule has 1 N–H and O–H groups in total. The van der Waals surface area contributed by atoms with Crippen molar-refractivity contribution >= 4 is 21.6 Å². The first-order chi connectivity index (χ1) is 8.19. The largest absolute Gasteiger partial charge is 0.383 e. The predicted octanol–water partition coefficient (Wildman–Crippen LogP) is 2.64. The highest BCUT2D eigenvalue weighted by Gasteiger charge is 2.06. The smallest absolute Gasteiger partial charge is 0.0637 e. The number of nitrogens with one attached hydrogen (secondary N) is 1. The van der Waals surface area contributed by atoms with Crippen LogP contribution >= 0.6 is 15.9 Å². The summed E-state index contributed by atoms with van der Waals surface area (Å²) in [5, 5.41) is 3.32. The Hall–Kier alpha value is -0.580. The molecule has 96 valence electrons. The van der Waals surface area contributed by atoms with Gasteiger partial charge in [0.05, 0.1) is 12.3 Å². The second-order valence-electron chi connectivity index (χ2n) is 3.98. The van der Waals surface area contributed by atoms with Crippen molar-refractivity contribution in [3.05, 3.63) is 28.2 Å². The number of anilines is 1. The van der Waals surface area contributed by atoms with Gasteiger partial charge in [0.2, 0.25) is 0 Å². The highest BCUT2D eigenvalue weighted by molar-refractivity contribution is 9.10. The lowest BCUT2D eigenvalue weighted by atomic mass is 10.2. The minimum absolute atomic E-state index is 0.738. The summed E-state index contributed by atoms with van der Waals surface area (Å²) in [4.78, 5) is 2.19. The van der Waals surface area contributed by atoms with Crippen molar-refractivity contribution in [1.29, 1.82) is 0 Å². The number of likely N-dealkylation sites (N-methyl/N-ethyl adjacent to an activating group) is 1. The molecular weight excluding hydrogens is 280 g/mol. The Morgan fingerprint density at radius 3 is 2.76 bits per heavy atom. The van der Waals surface area contributed by atoms with E-state index in [9.17, 15) is 0 Å². The third-order valence-corrected chi connectivity index (χ3v) is 3.27. The lowest BCUT2D eigenvalue weighted by Gasteiger charge is -2.20. The van der Waals surface area contributed by atoms with Gasteiger partial charge in [-0.3, -0.25) is 0 Å². The number of methoxy groups -OCH3 is 1. The number of rotatable bonds is 7. The number of hydrogen-bond acceptors (Lipinski definition) is 3. The third kappa shape index (κ3) is 4.66. The van der Waals surface area contributed by atoms with E-state index in [0.29, 0.717) is 0 Å². The molecule has 0 unspecified atom stereocenters. The van der Waals surface area contributed by atoms with Gasteiger partial charge in [-0.15, -0.1) is 0 Å². The molecule has 0 radical (unpaired) electrons. The summed E-state index contributed by atoms with van der Waals surface area (Å²) in [5.74, 6) is 0. The van der Waals surface area contributed by atoms with E-state index >= 15 is 0 Å². The van der Waals surface area contributed by atoms with Gasteiger partial charge in [-0.1, -0.05) is 13.0 Å². The monoisotopic (exact) mass is 300 g/mol. The number of nitrogens with zero attached hydrogens (tertiary/aromatic N) is 1. The zero-order valence-electron chi connectivity index (χ0n) is 10.8. The van der Waals surface area contributed by atoms with Crippen molar-refractivity contribution in [1.82, 2.24) is 5.32 Å². The SMILES string of the molecule is CCNCc1ccc(N(C)CCOC)c(Br)c1. The molecule has 0 spiro atoms. The first-order valence-corrected chi connectivity index (χ1v) is 6.67. The van der Waals surface area contributed by atoms with Crippen LogP contribution in [0, 0.1) is 0 Å². The normalized spacial score (nSPS) is 10.6. The number of halogens is 1. The van der Waals surface area contributed by atoms with Gasteiger partial charge in [0.1, 0.15) is 0 Å². The van der Waals surface area contributed by atoms with Crippen molar-refractivity contribution in [3.8, 4) is 0 Å². The molecule has 0 fully saturated rings. The standard InChI is InChI=1S/C13H21BrN2O/c1-4-15-10-11-5-6-13(12(14)9-11)16(2)7-8-17-3/h5-6,9,15H,4,7-8,10H2,1-3H3. The molecular formula is C13H21BrN2O. The number of benzene rings is 1. The fourth-order valence-electron chi connectivity index (χ4n) is 1.59. The van der Waals surface area contributed by atoms with Gasteiger partial charge in [0.15, 0.2) is 0 Å². The Bertz CT molecular complexity index is 344. The second-order valence-corrected chi connectivity index (χ2v) is 4.83. The average Bonchev–Trinajstić information content (AvgIpc) is 2.33. The number of ether oxygens (including phenoxy) is 1. The van der Waals surface area contributed by atoms with Gasteiger partial charge < -0.3 is 15.0 Å². The Morgan fingerprint density at radius 2 is 2.18 bits per heavy atom. The summed E-state index contributed by atoms with van der Waals surface area (Å²) >= 11 is 3.62. The van der Waals surface area contributed by atoms with Crippen LogP contribution in [0.1, 0.15) is 12.5 Å². The molecule has 1 aromatic carbocycles. The summed E-state index contributed by atoms with van der Waals surface area (Å²) in [5.41, 5.74) is 2.49. The van der Waals surface area contributed by atoms with Gasteiger partial charge in [0, 0.05) is 31.7 Å². The van der Waals surface area contributed by atoms with Crippen LogP contribution in [0.5, 0.6) is 0 Å². The van der Waals surface area contributed by atoms with Crippen LogP contribution in [-0.4, -0.2) is 33.9 Å². The molecule has 17 heavy (non-hydrogen) atoms. The van der Waals surface area contributed by atoms with Gasteiger partial charge in [-0.2, -0.15) is 0 Å². The zero-order chi connectivity index (χ0) is 12.7. The maximum Gasteiger partial charge on any atom is 0.0637 e. The highest BCUT2D eigenvalue weighted by atomic mass is 79.9. The van der Waals surface area contributed by atoms with Crippen LogP contribution in [0.15, 0.2) is 22.7 Å². The Balaban J connectivity index is 2.68. The fraction of sp³-hybridized carbons (Fsp3) is 0.538. The fourth-order valence-corrected chi connectivity index (χ4v) is 2.32. The number of hydrogen-bond donors (Lipinski definition) is 1. The lowest BCUT2D eigenvalue weighted by Crippen LogP contribution is -2.22. The molecule has 0 amide bonds. The molecule has 0 aromatic heterocycles. The van der Waals surface area contributed by atoms with Crippen LogP contribution in [0.25, 0.3) is 0 Å². The molecule has 0 bridgehead atoms. The van der Waals surface area contributed by atoms with Crippen LogP contribution in [0.2, 0.25) is 0 Å². The summed E-state index contributed by atoms with van der Waals surface area (Å²) in [6.07, 6.45) is 0. The maximum absolute atomic E-state index is 5.08. The zero-order valence-corrected chi connectivity index (χ0v) is 12.4. The molecule has 0 aliphatic heterocycles. The van der Waals surface area contributed by atoms with Crippen molar-refractivity contribution in [2.45, 2.75) is 13.5 Å². The lowest BCUT2D eigenvalue weighted by molar-refractivity contribution is 0.206. The van der Waals surface area contributed by atoms with Crippen LogP contribution in [0.4, 0.5) is 5.69 Å². The van der Waals surface area contributed by atoms with E-state index in [1.165, 1.54) is 11.3 Å². The van der Waals surface area contributed by atoms with Gasteiger partial charge in [0.25, 0.3) is 0 Å². The Kier molecular flexibility index (Phi) is 6.55. The molecule has 0 heterocycles. The van der Waals surface area contributed by atoms with E-state index in [1.54, 1.807) is 7.11 Å². The molecule has 0 atom stereocenters. The summed E-state index contributed by atoms with van der Waals surface area (Å²) < 4.78 is 6.21. The van der Waals surface area contributed by atoms with E-state index in [2.05, 4.69) is 58.3 Å². The van der Waals surface area contributed by atoms with Crippen LogP contribution in [-0.2, 0) is 11.3 Å². The third-order valence-electron chi connectivity index (χ3n) is 2.63.